The predicted molar refractivity (Wildman–Crippen MR) is 119 cm³/mol. The van der Waals surface area contributed by atoms with Crippen LogP contribution in [0.4, 0.5) is 5.69 Å². The van der Waals surface area contributed by atoms with E-state index in [2.05, 4.69) is 20.3 Å². The number of hydrogen-bond acceptors (Lipinski definition) is 3. The minimum Gasteiger partial charge on any atom is -0.351 e. The van der Waals surface area contributed by atoms with Crippen LogP contribution in [0.3, 0.4) is 0 Å². The lowest BCUT2D eigenvalue weighted by molar-refractivity contribution is 0.0674. The summed E-state index contributed by atoms with van der Waals surface area (Å²) in [5.74, 6) is 0.0467. The number of amides is 1. The Morgan fingerprint density at radius 2 is 2.03 bits per heavy atom. The average Bonchev–Trinajstić information content (AvgIpc) is 3.22. The fraction of sp³-hybridized carbons (Fsp3) is 0.348. The first-order valence-electron chi connectivity index (χ1n) is 10.4. The summed E-state index contributed by atoms with van der Waals surface area (Å²) in [5, 5.41) is 8.29. The number of nitrogens with one attached hydrogen (secondary N) is 2. The maximum absolute atomic E-state index is 13.0. The van der Waals surface area contributed by atoms with E-state index < -0.39 is 0 Å². The van der Waals surface area contributed by atoms with Gasteiger partial charge in [0.2, 0.25) is 0 Å². The van der Waals surface area contributed by atoms with E-state index in [0.717, 1.165) is 48.7 Å². The molecule has 0 radical (unpaired) electrons. The molecular formula is C23H26N6O. The third kappa shape index (κ3) is 4.48. The van der Waals surface area contributed by atoms with E-state index in [0.29, 0.717) is 17.4 Å². The van der Waals surface area contributed by atoms with Gasteiger partial charge in [-0.15, -0.1) is 0 Å². The molecule has 1 amide bonds. The zero-order valence-corrected chi connectivity index (χ0v) is 17.1. The van der Waals surface area contributed by atoms with Crippen molar-refractivity contribution in [2.75, 3.05) is 7.05 Å². The Hall–Kier alpha value is -3.28. The number of para-hydroxylation sites is 1. The van der Waals surface area contributed by atoms with Gasteiger partial charge in [0.1, 0.15) is 5.69 Å². The van der Waals surface area contributed by atoms with E-state index in [-0.39, 0.29) is 11.9 Å². The van der Waals surface area contributed by atoms with E-state index in [1.54, 1.807) is 0 Å². The van der Waals surface area contributed by atoms with Gasteiger partial charge in [0.15, 0.2) is 0 Å². The van der Waals surface area contributed by atoms with Gasteiger partial charge >= 0.3 is 0 Å². The number of aromatic nitrogens is 1. The van der Waals surface area contributed by atoms with Crippen molar-refractivity contribution < 1.29 is 4.79 Å². The van der Waals surface area contributed by atoms with Crippen molar-refractivity contribution in [1.29, 1.82) is 0 Å². The average molecular weight is 403 g/mol. The minimum atomic E-state index is 0.0467. The van der Waals surface area contributed by atoms with Crippen LogP contribution in [0.15, 0.2) is 59.7 Å². The summed E-state index contributed by atoms with van der Waals surface area (Å²) in [4.78, 5) is 21.0. The second-order valence-electron chi connectivity index (χ2n) is 7.94. The van der Waals surface area contributed by atoms with Crippen molar-refractivity contribution in [3.8, 4) is 0 Å². The van der Waals surface area contributed by atoms with E-state index in [1.807, 2.05) is 66.5 Å². The van der Waals surface area contributed by atoms with E-state index >= 15 is 0 Å². The summed E-state index contributed by atoms with van der Waals surface area (Å²) in [5.41, 5.74) is 11.9. The van der Waals surface area contributed by atoms with Crippen molar-refractivity contribution in [2.45, 2.75) is 44.3 Å². The number of nitrogens with zero attached hydrogens (tertiary/aromatic N) is 4. The molecule has 2 aromatic carbocycles. The van der Waals surface area contributed by atoms with Gasteiger partial charge in [0.25, 0.3) is 5.91 Å². The number of rotatable bonds is 6. The largest absolute Gasteiger partial charge is 0.351 e. The maximum Gasteiger partial charge on any atom is 0.270 e. The van der Waals surface area contributed by atoms with Gasteiger partial charge in [-0.3, -0.25) is 4.79 Å². The molecule has 1 fully saturated rings. The van der Waals surface area contributed by atoms with Crippen LogP contribution in [0.25, 0.3) is 21.3 Å². The molecule has 1 heterocycles. The van der Waals surface area contributed by atoms with Crippen LogP contribution in [0.2, 0.25) is 0 Å². The lowest BCUT2D eigenvalue weighted by Gasteiger charge is -2.35. The number of H-pyrrole nitrogens is 1. The summed E-state index contributed by atoms with van der Waals surface area (Å²) in [6.45, 7) is 0.758. The van der Waals surface area contributed by atoms with Gasteiger partial charge < -0.3 is 15.2 Å². The number of fused-ring (bicyclic) bond motifs is 1. The molecular weight excluding hydrogens is 376 g/mol. The van der Waals surface area contributed by atoms with Crippen molar-refractivity contribution in [3.63, 3.8) is 0 Å². The first kappa shape index (κ1) is 20.0. The number of hydrogen-bond donors (Lipinski definition) is 2. The smallest absolute Gasteiger partial charge is 0.270 e. The van der Waals surface area contributed by atoms with Crippen molar-refractivity contribution in [2.24, 2.45) is 5.11 Å². The van der Waals surface area contributed by atoms with E-state index in [1.165, 1.54) is 0 Å². The van der Waals surface area contributed by atoms with Gasteiger partial charge in [0, 0.05) is 47.2 Å². The molecule has 1 aliphatic carbocycles. The normalized spacial score (nSPS) is 18.7. The van der Waals surface area contributed by atoms with Crippen LogP contribution in [0.1, 0.15) is 41.7 Å². The molecule has 154 valence electrons. The molecule has 0 unspecified atom stereocenters. The lowest BCUT2D eigenvalue weighted by atomic mass is 9.90. The number of benzene rings is 2. The van der Waals surface area contributed by atoms with Gasteiger partial charge in [-0.05, 0) is 48.9 Å². The van der Waals surface area contributed by atoms with Crippen LogP contribution in [-0.2, 0) is 6.54 Å². The Bertz CT molecular complexity index is 1030. The fourth-order valence-corrected chi connectivity index (χ4v) is 4.24. The molecule has 0 bridgehead atoms. The standard InChI is InChI=1S/C23H26N6O/c1-29(23(30)22-13-17-5-2-3-8-21(17)26-22)20-7-4-6-19(14-20)25-15-16-9-11-18(12-10-16)27-28-24/h2-3,5,8-13,19-20,25-26H,4,6-7,14-15H2,1H3/t19-,20+/m1/s1. The number of carbonyl (C=O) groups is 1. The Morgan fingerprint density at radius 3 is 2.80 bits per heavy atom. The monoisotopic (exact) mass is 402 g/mol. The summed E-state index contributed by atoms with van der Waals surface area (Å²) in [6.07, 6.45) is 4.19. The van der Waals surface area contributed by atoms with Crippen LogP contribution < -0.4 is 5.32 Å². The Balaban J connectivity index is 1.35. The Kier molecular flexibility index (Phi) is 6.02. The topological polar surface area (TPSA) is 96.9 Å². The van der Waals surface area contributed by atoms with Gasteiger partial charge in [-0.2, -0.15) is 0 Å². The number of aromatic amines is 1. The Labute approximate surface area is 175 Å². The molecule has 7 heteroatoms. The third-order valence-electron chi connectivity index (χ3n) is 5.97. The van der Waals surface area contributed by atoms with Gasteiger partial charge in [-0.1, -0.05) is 47.6 Å². The summed E-state index contributed by atoms with van der Waals surface area (Å²) >= 11 is 0. The van der Waals surface area contributed by atoms with E-state index in [4.69, 9.17) is 5.53 Å². The molecule has 2 atom stereocenters. The first-order valence-corrected chi connectivity index (χ1v) is 10.4. The summed E-state index contributed by atoms with van der Waals surface area (Å²) in [7, 11) is 1.91. The molecule has 30 heavy (non-hydrogen) atoms. The number of azide groups is 1. The number of carbonyl (C=O) groups excluding carboxylic acids is 1. The second kappa shape index (κ2) is 9.03. The molecule has 0 saturated heterocycles. The predicted octanol–water partition coefficient (Wildman–Crippen LogP) is 5.28. The highest BCUT2D eigenvalue weighted by molar-refractivity contribution is 5.98. The van der Waals surface area contributed by atoms with Crippen LogP contribution >= 0.6 is 0 Å². The van der Waals surface area contributed by atoms with Gasteiger partial charge in [0.05, 0.1) is 0 Å². The van der Waals surface area contributed by atoms with Crippen molar-refractivity contribution >= 4 is 22.5 Å². The van der Waals surface area contributed by atoms with E-state index in [9.17, 15) is 4.79 Å². The van der Waals surface area contributed by atoms with Crippen LogP contribution in [0.5, 0.6) is 0 Å². The van der Waals surface area contributed by atoms with Gasteiger partial charge in [-0.25, -0.2) is 0 Å². The summed E-state index contributed by atoms with van der Waals surface area (Å²) < 4.78 is 0. The lowest BCUT2D eigenvalue weighted by Crippen LogP contribution is -2.45. The highest BCUT2D eigenvalue weighted by Gasteiger charge is 2.28. The third-order valence-corrected chi connectivity index (χ3v) is 5.97. The minimum absolute atomic E-state index is 0.0467. The molecule has 0 aliphatic heterocycles. The first-order chi connectivity index (χ1) is 14.6. The zero-order chi connectivity index (χ0) is 20.9. The van der Waals surface area contributed by atoms with Crippen LogP contribution in [0, 0.1) is 0 Å². The molecule has 2 N–H and O–H groups in total. The van der Waals surface area contributed by atoms with Crippen LogP contribution in [-0.4, -0.2) is 34.9 Å². The molecule has 0 spiro atoms. The van der Waals surface area contributed by atoms with Crippen molar-refractivity contribution in [3.05, 3.63) is 76.3 Å². The second-order valence-corrected chi connectivity index (χ2v) is 7.94. The summed E-state index contributed by atoms with van der Waals surface area (Å²) in [6, 6.07) is 18.1. The molecule has 1 aromatic heterocycles. The highest BCUT2D eigenvalue weighted by Crippen LogP contribution is 2.25. The molecule has 7 nitrogen and oxygen atoms in total. The maximum atomic E-state index is 13.0. The quantitative estimate of drug-likeness (QED) is 0.333. The SMILES string of the molecule is CN(C(=O)c1cc2ccccc2[nH]1)[C@H]1CCC[C@@H](NCc2ccc(N=[N+]=[N-])cc2)C1. The van der Waals surface area contributed by atoms with Crippen molar-refractivity contribution in [1.82, 2.24) is 15.2 Å². The molecule has 4 rings (SSSR count). The molecule has 1 saturated carbocycles. The zero-order valence-electron chi connectivity index (χ0n) is 17.1. The fourth-order valence-electron chi connectivity index (χ4n) is 4.24. The molecule has 3 aromatic rings. The molecule has 1 aliphatic rings. The Morgan fingerprint density at radius 1 is 1.23 bits per heavy atom. The highest BCUT2D eigenvalue weighted by atomic mass is 16.2.